The van der Waals surface area contributed by atoms with Crippen LogP contribution in [0.4, 0.5) is 0 Å². The lowest BCUT2D eigenvalue weighted by Crippen LogP contribution is -2.34. The Morgan fingerprint density at radius 1 is 1.32 bits per heavy atom. The highest BCUT2D eigenvalue weighted by atomic mass is 16.4. The lowest BCUT2D eigenvalue weighted by Gasteiger charge is -2.26. The van der Waals surface area contributed by atoms with Crippen LogP contribution in [-0.2, 0) is 11.2 Å². The van der Waals surface area contributed by atoms with Crippen LogP contribution in [0.1, 0.15) is 74.7 Å². The predicted molar refractivity (Wildman–Crippen MR) is 110 cm³/mol. The van der Waals surface area contributed by atoms with E-state index in [-0.39, 0.29) is 11.9 Å². The third kappa shape index (κ3) is 5.93. The molecule has 0 saturated carbocycles. The SMILES string of the molecule is CCCC[C@@](O)(CC)C/C=C/[C@@H]1CCC(=O)N1CCc1ccccc1C(=O)O. The van der Waals surface area contributed by atoms with E-state index in [9.17, 15) is 19.8 Å². The Labute approximate surface area is 168 Å². The number of nitrogens with zero attached hydrogens (tertiary/aromatic N) is 1. The van der Waals surface area contributed by atoms with E-state index >= 15 is 0 Å². The molecule has 2 N–H and O–H groups in total. The van der Waals surface area contributed by atoms with E-state index in [1.807, 2.05) is 36.1 Å². The van der Waals surface area contributed by atoms with Gasteiger partial charge in [-0.15, -0.1) is 0 Å². The molecule has 1 heterocycles. The van der Waals surface area contributed by atoms with Crippen molar-refractivity contribution in [2.24, 2.45) is 0 Å². The summed E-state index contributed by atoms with van der Waals surface area (Å²) in [4.78, 5) is 25.5. The minimum absolute atomic E-state index is 0.0248. The van der Waals surface area contributed by atoms with Crippen molar-refractivity contribution >= 4 is 11.9 Å². The smallest absolute Gasteiger partial charge is 0.335 e. The molecule has 5 heteroatoms. The first-order chi connectivity index (χ1) is 13.4. The summed E-state index contributed by atoms with van der Waals surface area (Å²) < 4.78 is 0. The van der Waals surface area contributed by atoms with Crippen LogP contribution >= 0.6 is 0 Å². The number of aliphatic hydroxyl groups is 1. The lowest BCUT2D eigenvalue weighted by atomic mass is 9.90. The van der Waals surface area contributed by atoms with Crippen LogP contribution in [0.5, 0.6) is 0 Å². The number of rotatable bonds is 11. The second-order valence-corrected chi connectivity index (χ2v) is 7.72. The van der Waals surface area contributed by atoms with Crippen LogP contribution in [0, 0.1) is 0 Å². The standard InChI is InChI=1S/C23H33NO4/c1-3-5-15-23(28,4-2)16-8-10-19-12-13-21(25)24(19)17-14-18-9-6-7-11-20(18)22(26)27/h6-11,19,28H,3-5,12-17H2,1-2H3,(H,26,27)/b10-8+/t19-,23+/m1/s1. The number of hydrogen-bond donors (Lipinski definition) is 2. The summed E-state index contributed by atoms with van der Waals surface area (Å²) in [6.07, 6.45) is 10.1. The fourth-order valence-corrected chi connectivity index (χ4v) is 3.81. The molecule has 2 rings (SSSR count). The number of carboxylic acids is 1. The molecule has 28 heavy (non-hydrogen) atoms. The molecule has 1 aliphatic heterocycles. The molecule has 0 radical (unpaired) electrons. The van der Waals surface area contributed by atoms with E-state index in [2.05, 4.69) is 6.92 Å². The van der Waals surface area contributed by atoms with Gasteiger partial charge in [0.05, 0.1) is 17.2 Å². The van der Waals surface area contributed by atoms with Crippen molar-refractivity contribution in [3.63, 3.8) is 0 Å². The van der Waals surface area contributed by atoms with Gasteiger partial charge in [0, 0.05) is 13.0 Å². The van der Waals surface area contributed by atoms with Gasteiger partial charge in [-0.05, 0) is 43.7 Å². The molecule has 1 amide bonds. The zero-order valence-corrected chi connectivity index (χ0v) is 17.1. The van der Waals surface area contributed by atoms with Crippen molar-refractivity contribution in [3.8, 4) is 0 Å². The van der Waals surface area contributed by atoms with Crippen molar-refractivity contribution in [2.45, 2.75) is 76.9 Å². The van der Waals surface area contributed by atoms with Crippen LogP contribution < -0.4 is 0 Å². The van der Waals surface area contributed by atoms with Crippen molar-refractivity contribution in [2.75, 3.05) is 6.54 Å². The summed E-state index contributed by atoms with van der Waals surface area (Å²) in [7, 11) is 0. The molecular weight excluding hydrogens is 354 g/mol. The van der Waals surface area contributed by atoms with E-state index < -0.39 is 11.6 Å². The highest BCUT2D eigenvalue weighted by molar-refractivity contribution is 5.89. The van der Waals surface area contributed by atoms with Gasteiger partial charge < -0.3 is 15.1 Å². The summed E-state index contributed by atoms with van der Waals surface area (Å²) >= 11 is 0. The number of carbonyl (C=O) groups is 2. The van der Waals surface area contributed by atoms with Crippen LogP contribution in [0.15, 0.2) is 36.4 Å². The predicted octanol–water partition coefficient (Wildman–Crippen LogP) is 4.20. The third-order valence-corrected chi connectivity index (χ3v) is 5.75. The van der Waals surface area contributed by atoms with Crippen molar-refractivity contribution in [3.05, 3.63) is 47.5 Å². The quantitative estimate of drug-likeness (QED) is 0.558. The first-order valence-electron chi connectivity index (χ1n) is 10.4. The molecule has 0 bridgehead atoms. The zero-order valence-electron chi connectivity index (χ0n) is 17.1. The fraction of sp³-hybridized carbons (Fsp3) is 0.565. The van der Waals surface area contributed by atoms with E-state index in [1.165, 1.54) is 0 Å². The number of carbonyl (C=O) groups excluding carboxylic acids is 1. The fourth-order valence-electron chi connectivity index (χ4n) is 3.81. The Bertz CT molecular complexity index is 700. The maximum Gasteiger partial charge on any atom is 0.335 e. The van der Waals surface area contributed by atoms with Crippen LogP contribution in [0.25, 0.3) is 0 Å². The Kier molecular flexibility index (Phi) is 8.24. The molecule has 154 valence electrons. The molecule has 0 spiro atoms. The topological polar surface area (TPSA) is 77.8 Å². The maximum atomic E-state index is 12.3. The van der Waals surface area contributed by atoms with Gasteiger partial charge in [0.2, 0.25) is 5.91 Å². The first kappa shape index (κ1) is 22.2. The molecule has 5 nitrogen and oxygen atoms in total. The molecular formula is C23H33NO4. The second-order valence-electron chi connectivity index (χ2n) is 7.72. The Hall–Kier alpha value is -2.14. The third-order valence-electron chi connectivity index (χ3n) is 5.75. The maximum absolute atomic E-state index is 12.3. The van der Waals surface area contributed by atoms with Gasteiger partial charge in [0.15, 0.2) is 0 Å². The number of benzene rings is 1. The van der Waals surface area contributed by atoms with Crippen LogP contribution in [0.2, 0.25) is 0 Å². The largest absolute Gasteiger partial charge is 0.478 e. The minimum atomic E-state index is -0.939. The minimum Gasteiger partial charge on any atom is -0.478 e. The normalized spacial score (nSPS) is 19.3. The second kappa shape index (κ2) is 10.4. The number of unbranched alkanes of at least 4 members (excludes halogenated alkanes) is 1. The van der Waals surface area contributed by atoms with Crippen molar-refractivity contribution in [1.29, 1.82) is 0 Å². The molecule has 2 atom stereocenters. The van der Waals surface area contributed by atoms with E-state index in [0.29, 0.717) is 31.4 Å². The average Bonchev–Trinajstić information content (AvgIpc) is 3.04. The van der Waals surface area contributed by atoms with Gasteiger partial charge in [-0.2, -0.15) is 0 Å². The number of likely N-dealkylation sites (tertiary alicyclic amines) is 1. The van der Waals surface area contributed by atoms with Crippen LogP contribution in [0.3, 0.4) is 0 Å². The highest BCUT2D eigenvalue weighted by Crippen LogP contribution is 2.25. The van der Waals surface area contributed by atoms with Crippen molar-refractivity contribution in [1.82, 2.24) is 4.90 Å². The van der Waals surface area contributed by atoms with Crippen molar-refractivity contribution < 1.29 is 19.8 Å². The van der Waals surface area contributed by atoms with E-state index in [4.69, 9.17) is 0 Å². The first-order valence-corrected chi connectivity index (χ1v) is 10.4. The summed E-state index contributed by atoms with van der Waals surface area (Å²) in [6, 6.07) is 6.98. The van der Waals surface area contributed by atoms with Gasteiger partial charge in [-0.3, -0.25) is 4.79 Å². The highest BCUT2D eigenvalue weighted by Gasteiger charge is 2.29. The lowest BCUT2D eigenvalue weighted by molar-refractivity contribution is -0.128. The number of carboxylic acid groups (broad SMARTS) is 1. The zero-order chi connectivity index (χ0) is 20.6. The molecule has 1 saturated heterocycles. The summed E-state index contributed by atoms with van der Waals surface area (Å²) in [5.41, 5.74) is 0.378. The number of hydrogen-bond acceptors (Lipinski definition) is 3. The molecule has 1 aromatic carbocycles. The van der Waals surface area contributed by atoms with Gasteiger partial charge in [-0.25, -0.2) is 4.79 Å². The summed E-state index contributed by atoms with van der Waals surface area (Å²) in [6.45, 7) is 4.64. The molecule has 0 unspecified atom stereocenters. The summed E-state index contributed by atoms with van der Waals surface area (Å²) in [5, 5.41) is 20.0. The molecule has 1 aliphatic rings. The Morgan fingerprint density at radius 2 is 2.07 bits per heavy atom. The van der Waals surface area contributed by atoms with E-state index in [1.54, 1.807) is 12.1 Å². The molecule has 1 fully saturated rings. The molecule has 0 aliphatic carbocycles. The average molecular weight is 388 g/mol. The Balaban J connectivity index is 1.98. The summed E-state index contributed by atoms with van der Waals surface area (Å²) in [5.74, 6) is -0.829. The van der Waals surface area contributed by atoms with Gasteiger partial charge in [0.25, 0.3) is 0 Å². The van der Waals surface area contributed by atoms with E-state index in [0.717, 1.165) is 37.7 Å². The van der Waals surface area contributed by atoms with Gasteiger partial charge >= 0.3 is 5.97 Å². The molecule has 0 aromatic heterocycles. The number of amides is 1. The Morgan fingerprint density at radius 3 is 2.75 bits per heavy atom. The molecule has 1 aromatic rings. The number of aromatic carboxylic acids is 1. The van der Waals surface area contributed by atoms with Gasteiger partial charge in [-0.1, -0.05) is 57.0 Å². The van der Waals surface area contributed by atoms with Crippen LogP contribution in [-0.4, -0.2) is 45.2 Å². The monoisotopic (exact) mass is 387 g/mol. The van der Waals surface area contributed by atoms with Gasteiger partial charge in [0.1, 0.15) is 0 Å².